The summed E-state index contributed by atoms with van der Waals surface area (Å²) in [6.07, 6.45) is 6.44. The molecule has 0 radical (unpaired) electrons. The summed E-state index contributed by atoms with van der Waals surface area (Å²) in [5.74, 6) is -0.124. The van der Waals surface area contributed by atoms with Crippen LogP contribution in [0.3, 0.4) is 0 Å². The molecule has 2 saturated carbocycles. The van der Waals surface area contributed by atoms with Crippen LogP contribution < -0.4 is 0 Å². The number of aliphatic hydroxyl groups is 1. The maximum Gasteiger partial charge on any atom is 0.165 e. The van der Waals surface area contributed by atoms with Gasteiger partial charge in [0.15, 0.2) is 5.78 Å². The Morgan fingerprint density at radius 2 is 1.83 bits per heavy atom. The van der Waals surface area contributed by atoms with E-state index in [1.807, 2.05) is 42.5 Å². The fourth-order valence-electron chi connectivity index (χ4n) is 4.06. The van der Waals surface area contributed by atoms with E-state index in [4.69, 9.17) is 4.74 Å². The molecule has 1 aromatic carbocycles. The maximum absolute atomic E-state index is 12.5. The van der Waals surface area contributed by atoms with Crippen LogP contribution in [0.1, 0.15) is 44.1 Å². The van der Waals surface area contributed by atoms with Gasteiger partial charge in [-0.2, -0.15) is 0 Å². The van der Waals surface area contributed by atoms with E-state index in [0.717, 1.165) is 5.56 Å². The highest BCUT2D eigenvalue weighted by atomic mass is 16.5. The molecule has 128 valence electrons. The van der Waals surface area contributed by atoms with Gasteiger partial charge in [-0.1, -0.05) is 42.5 Å². The number of hydrogen-bond donors (Lipinski definition) is 1. The van der Waals surface area contributed by atoms with Crippen molar-refractivity contribution in [1.82, 2.24) is 0 Å². The van der Waals surface area contributed by atoms with E-state index < -0.39 is 11.0 Å². The first-order valence-corrected chi connectivity index (χ1v) is 8.64. The summed E-state index contributed by atoms with van der Waals surface area (Å²) in [4.78, 5) is 24.6. The van der Waals surface area contributed by atoms with Gasteiger partial charge in [-0.3, -0.25) is 9.59 Å². The van der Waals surface area contributed by atoms with Gasteiger partial charge in [0.05, 0.1) is 18.6 Å². The highest BCUT2D eigenvalue weighted by Gasteiger charge is 2.63. The molecular formula is C20H24O4. The van der Waals surface area contributed by atoms with E-state index in [1.54, 1.807) is 0 Å². The number of allylic oxidation sites excluding steroid dienone is 1. The van der Waals surface area contributed by atoms with Crippen LogP contribution in [0.5, 0.6) is 0 Å². The molecule has 2 atom stereocenters. The van der Waals surface area contributed by atoms with Gasteiger partial charge in [-0.05, 0) is 31.2 Å². The molecule has 2 aliphatic carbocycles. The Kier molecular flexibility index (Phi) is 4.97. The Hall–Kier alpha value is -1.78. The van der Waals surface area contributed by atoms with Crippen LogP contribution in [0.4, 0.5) is 0 Å². The van der Waals surface area contributed by atoms with Crippen LogP contribution in [0.25, 0.3) is 0 Å². The number of fused-ring (bicyclic) bond motifs is 1. The van der Waals surface area contributed by atoms with Crippen molar-refractivity contribution in [2.75, 3.05) is 6.61 Å². The van der Waals surface area contributed by atoms with Gasteiger partial charge in [0.25, 0.3) is 0 Å². The van der Waals surface area contributed by atoms with Crippen molar-refractivity contribution in [3.05, 3.63) is 48.0 Å². The molecule has 1 aromatic rings. The SMILES string of the molecule is O=C1CCC[C@@]2(O)C(=O)CC[C@@]12C/C=C/COCc1ccccc1. The fraction of sp³-hybridized carbons (Fsp3) is 0.500. The zero-order chi connectivity index (χ0) is 17.0. The smallest absolute Gasteiger partial charge is 0.165 e. The van der Waals surface area contributed by atoms with Crippen LogP contribution in [0, 0.1) is 5.41 Å². The molecule has 4 nitrogen and oxygen atoms in total. The summed E-state index contributed by atoms with van der Waals surface area (Å²) in [5, 5.41) is 10.8. The van der Waals surface area contributed by atoms with E-state index in [1.165, 1.54) is 0 Å². The van der Waals surface area contributed by atoms with Crippen molar-refractivity contribution in [3.8, 4) is 0 Å². The monoisotopic (exact) mass is 328 g/mol. The van der Waals surface area contributed by atoms with Gasteiger partial charge >= 0.3 is 0 Å². The zero-order valence-electron chi connectivity index (χ0n) is 13.9. The molecule has 1 N–H and O–H groups in total. The molecule has 24 heavy (non-hydrogen) atoms. The molecule has 2 aliphatic rings. The molecule has 3 rings (SSSR count). The van der Waals surface area contributed by atoms with Gasteiger partial charge in [0.2, 0.25) is 0 Å². The molecule has 0 saturated heterocycles. The average Bonchev–Trinajstić information content (AvgIpc) is 2.85. The number of benzene rings is 1. The first kappa shape index (κ1) is 17.1. The Bertz CT molecular complexity index is 636. The third-order valence-corrected chi connectivity index (χ3v) is 5.47. The van der Waals surface area contributed by atoms with Gasteiger partial charge < -0.3 is 9.84 Å². The first-order chi connectivity index (χ1) is 11.6. The minimum absolute atomic E-state index is 0.0388. The number of Topliss-reactive ketones (excluding diaryl/α,β-unsaturated/α-hetero) is 2. The standard InChI is InChI=1S/C20H24O4/c21-17-9-6-12-20(23)18(22)10-13-19(17,20)11-4-5-14-24-15-16-7-2-1-3-8-16/h1-5,7-8,23H,6,9-15H2/b5-4+/t19-,20+/m0/s1. The lowest BCUT2D eigenvalue weighted by Crippen LogP contribution is -2.55. The Morgan fingerprint density at radius 3 is 2.62 bits per heavy atom. The Labute approximate surface area is 142 Å². The summed E-state index contributed by atoms with van der Waals surface area (Å²) >= 11 is 0. The van der Waals surface area contributed by atoms with Crippen LogP contribution in [-0.2, 0) is 20.9 Å². The third-order valence-electron chi connectivity index (χ3n) is 5.47. The number of carbonyl (C=O) groups is 2. The molecular weight excluding hydrogens is 304 g/mol. The summed E-state index contributed by atoms with van der Waals surface area (Å²) in [6.45, 7) is 0.989. The molecule has 0 amide bonds. The van der Waals surface area contributed by atoms with Gasteiger partial charge in [-0.15, -0.1) is 0 Å². The van der Waals surface area contributed by atoms with Crippen LogP contribution in [0.2, 0.25) is 0 Å². The largest absolute Gasteiger partial charge is 0.381 e. The molecule has 0 bridgehead atoms. The summed E-state index contributed by atoms with van der Waals surface area (Å²) in [5.41, 5.74) is -1.24. The average molecular weight is 328 g/mol. The van der Waals surface area contributed by atoms with Crippen molar-refractivity contribution in [1.29, 1.82) is 0 Å². The van der Waals surface area contributed by atoms with Crippen LogP contribution >= 0.6 is 0 Å². The van der Waals surface area contributed by atoms with E-state index in [2.05, 4.69) is 0 Å². The summed E-state index contributed by atoms with van der Waals surface area (Å²) in [6, 6.07) is 9.93. The highest BCUT2D eigenvalue weighted by molar-refractivity contribution is 6.01. The topological polar surface area (TPSA) is 63.6 Å². The van der Waals surface area contributed by atoms with E-state index in [9.17, 15) is 14.7 Å². The summed E-state index contributed by atoms with van der Waals surface area (Å²) < 4.78 is 5.59. The van der Waals surface area contributed by atoms with Gasteiger partial charge in [-0.25, -0.2) is 0 Å². The quantitative estimate of drug-likeness (QED) is 0.644. The first-order valence-electron chi connectivity index (χ1n) is 8.64. The lowest BCUT2D eigenvalue weighted by molar-refractivity contribution is -0.161. The normalized spacial score (nSPS) is 30.0. The second-order valence-corrected chi connectivity index (χ2v) is 6.82. The van der Waals surface area contributed by atoms with Crippen molar-refractivity contribution in [2.45, 2.75) is 50.7 Å². The Balaban J connectivity index is 1.56. The molecule has 0 unspecified atom stereocenters. The second-order valence-electron chi connectivity index (χ2n) is 6.82. The number of ketones is 2. The minimum Gasteiger partial charge on any atom is -0.381 e. The number of ether oxygens (including phenoxy) is 1. The zero-order valence-corrected chi connectivity index (χ0v) is 13.9. The lowest BCUT2D eigenvalue weighted by Gasteiger charge is -2.42. The van der Waals surface area contributed by atoms with Gasteiger partial charge in [0, 0.05) is 12.8 Å². The van der Waals surface area contributed by atoms with E-state index >= 15 is 0 Å². The number of rotatable bonds is 6. The van der Waals surface area contributed by atoms with E-state index in [0.29, 0.717) is 51.7 Å². The van der Waals surface area contributed by atoms with Gasteiger partial charge in [0.1, 0.15) is 11.4 Å². The van der Waals surface area contributed by atoms with Crippen molar-refractivity contribution in [3.63, 3.8) is 0 Å². The summed E-state index contributed by atoms with van der Waals surface area (Å²) in [7, 11) is 0. The predicted molar refractivity (Wildman–Crippen MR) is 90.3 cm³/mol. The van der Waals surface area contributed by atoms with Crippen LogP contribution in [-0.4, -0.2) is 28.9 Å². The third kappa shape index (κ3) is 2.96. The van der Waals surface area contributed by atoms with E-state index in [-0.39, 0.29) is 11.6 Å². The lowest BCUT2D eigenvalue weighted by atomic mass is 9.62. The van der Waals surface area contributed by atoms with Crippen molar-refractivity contribution in [2.24, 2.45) is 5.41 Å². The molecule has 0 aliphatic heterocycles. The fourth-order valence-corrected chi connectivity index (χ4v) is 4.06. The van der Waals surface area contributed by atoms with Crippen LogP contribution in [0.15, 0.2) is 42.5 Å². The molecule has 0 heterocycles. The molecule has 0 aromatic heterocycles. The Morgan fingerprint density at radius 1 is 1.04 bits per heavy atom. The van der Waals surface area contributed by atoms with Crippen molar-refractivity contribution < 1.29 is 19.4 Å². The maximum atomic E-state index is 12.5. The predicted octanol–water partition coefficient (Wildman–Crippen LogP) is 2.98. The molecule has 4 heteroatoms. The number of carbonyl (C=O) groups excluding carboxylic acids is 2. The second kappa shape index (κ2) is 6.99. The highest BCUT2D eigenvalue weighted by Crippen LogP contribution is 2.53. The minimum atomic E-state index is -1.45. The van der Waals surface area contributed by atoms with Crippen molar-refractivity contribution >= 4 is 11.6 Å². The molecule has 0 spiro atoms. The molecule has 2 fully saturated rings. The number of hydrogen-bond acceptors (Lipinski definition) is 4.